The molecule has 1 aliphatic heterocycles. The zero-order chi connectivity index (χ0) is 17.4. The van der Waals surface area contributed by atoms with Crippen LogP contribution in [0.3, 0.4) is 0 Å². The Bertz CT molecular complexity index is 817. The van der Waals surface area contributed by atoms with Gasteiger partial charge < -0.3 is 9.84 Å². The number of hydrogen-bond donors (Lipinski definition) is 3. The van der Waals surface area contributed by atoms with Crippen LogP contribution in [0.4, 0.5) is 10.3 Å². The number of fused-ring (bicyclic) bond motifs is 1. The zero-order valence-electron chi connectivity index (χ0n) is 13.2. The Kier molecular flexibility index (Phi) is 4.33. The van der Waals surface area contributed by atoms with Crippen molar-refractivity contribution >= 4 is 23.0 Å². The van der Waals surface area contributed by atoms with E-state index in [1.165, 1.54) is 10.9 Å². The van der Waals surface area contributed by atoms with Gasteiger partial charge in [-0.2, -0.15) is 4.98 Å². The van der Waals surface area contributed by atoms with Crippen molar-refractivity contribution in [3.63, 3.8) is 0 Å². The molecule has 0 saturated carbocycles. The van der Waals surface area contributed by atoms with Crippen LogP contribution in [-0.4, -0.2) is 49.4 Å². The third-order valence-electron chi connectivity index (χ3n) is 3.85. The number of hydrogen-bond acceptors (Lipinski definition) is 6. The van der Waals surface area contributed by atoms with Crippen molar-refractivity contribution < 1.29 is 19.0 Å². The van der Waals surface area contributed by atoms with Crippen molar-refractivity contribution in [1.29, 1.82) is 0 Å². The van der Waals surface area contributed by atoms with Gasteiger partial charge in [-0.3, -0.25) is 24.5 Å². The van der Waals surface area contributed by atoms with Gasteiger partial charge in [-0.1, -0.05) is 13.8 Å². The van der Waals surface area contributed by atoms with Gasteiger partial charge in [-0.15, -0.1) is 0 Å². The summed E-state index contributed by atoms with van der Waals surface area (Å²) in [7, 11) is 0. The highest BCUT2D eigenvalue weighted by Crippen LogP contribution is 2.32. The van der Waals surface area contributed by atoms with E-state index in [4.69, 9.17) is 9.84 Å². The maximum atomic E-state index is 13.8. The van der Waals surface area contributed by atoms with Crippen LogP contribution in [0.5, 0.6) is 0 Å². The number of carbonyl (C=O) groups is 1. The lowest BCUT2D eigenvalue weighted by Crippen LogP contribution is -2.22. The molecule has 2 aromatic rings. The number of amides is 1. The van der Waals surface area contributed by atoms with Crippen LogP contribution < -0.4 is 10.9 Å². The van der Waals surface area contributed by atoms with Crippen molar-refractivity contribution in [2.24, 2.45) is 5.92 Å². The van der Waals surface area contributed by atoms with Gasteiger partial charge in [0.05, 0.1) is 12.9 Å². The lowest BCUT2D eigenvalue weighted by atomic mass is 10.2. The van der Waals surface area contributed by atoms with Gasteiger partial charge >= 0.3 is 0 Å². The number of nitrogens with one attached hydrogen (secondary N) is 2. The number of aromatic nitrogens is 4. The van der Waals surface area contributed by atoms with E-state index in [2.05, 4.69) is 20.3 Å². The molecule has 10 heteroatoms. The predicted octanol–water partition coefficient (Wildman–Crippen LogP) is 0.332. The number of H-pyrrole nitrogens is 1. The molecule has 0 aliphatic carbocycles. The highest BCUT2D eigenvalue weighted by molar-refractivity contribution is 5.91. The van der Waals surface area contributed by atoms with Crippen LogP contribution in [0.2, 0.25) is 0 Å². The SMILES string of the molecule is CC(C)C(=O)Nc1nc2c(ncn2[C@H]2C[C@H](F)[C@@H](CO)O2)c(=O)[nH]1. The van der Waals surface area contributed by atoms with Crippen LogP contribution in [-0.2, 0) is 9.53 Å². The van der Waals surface area contributed by atoms with E-state index in [0.717, 1.165) is 0 Å². The Morgan fingerprint density at radius 3 is 3.00 bits per heavy atom. The first-order chi connectivity index (χ1) is 11.4. The third kappa shape index (κ3) is 2.89. The first-order valence-corrected chi connectivity index (χ1v) is 7.58. The van der Waals surface area contributed by atoms with E-state index < -0.39 is 30.7 Å². The Morgan fingerprint density at radius 1 is 1.62 bits per heavy atom. The predicted molar refractivity (Wildman–Crippen MR) is 82.1 cm³/mol. The van der Waals surface area contributed by atoms with Crippen molar-refractivity contribution in [1.82, 2.24) is 19.5 Å². The van der Waals surface area contributed by atoms with Gasteiger partial charge in [-0.05, 0) is 0 Å². The summed E-state index contributed by atoms with van der Waals surface area (Å²) in [5.74, 6) is -0.599. The van der Waals surface area contributed by atoms with Gasteiger partial charge in [0.15, 0.2) is 11.2 Å². The van der Waals surface area contributed by atoms with Crippen LogP contribution >= 0.6 is 0 Å². The van der Waals surface area contributed by atoms with E-state index >= 15 is 0 Å². The lowest BCUT2D eigenvalue weighted by Gasteiger charge is -2.13. The molecule has 24 heavy (non-hydrogen) atoms. The number of alkyl halides is 1. The Labute approximate surface area is 135 Å². The molecule has 0 aromatic carbocycles. The molecule has 3 rings (SSSR count). The molecule has 0 spiro atoms. The number of halogens is 1. The number of nitrogens with zero attached hydrogens (tertiary/aromatic N) is 3. The number of imidazole rings is 1. The Hall–Kier alpha value is -2.33. The standard InChI is InChI=1S/C14H18FN5O4/c1-6(2)12(22)18-14-17-11-10(13(23)19-14)16-5-20(11)9-3-7(15)8(4-21)24-9/h5-9,21H,3-4H2,1-2H3,(H2,17,18,19,22,23)/t7-,8+,9+/m0/s1. The second-order valence-electron chi connectivity index (χ2n) is 5.95. The van der Waals surface area contributed by atoms with E-state index in [0.29, 0.717) is 0 Å². The number of aromatic amines is 1. The topological polar surface area (TPSA) is 122 Å². The molecular weight excluding hydrogens is 321 g/mol. The highest BCUT2D eigenvalue weighted by Gasteiger charge is 2.36. The monoisotopic (exact) mass is 339 g/mol. The van der Waals surface area contributed by atoms with E-state index in [9.17, 15) is 14.0 Å². The molecule has 0 radical (unpaired) electrons. The second kappa shape index (κ2) is 6.29. The van der Waals surface area contributed by atoms with E-state index in [-0.39, 0.29) is 35.4 Å². The first-order valence-electron chi connectivity index (χ1n) is 7.58. The third-order valence-corrected chi connectivity index (χ3v) is 3.85. The van der Waals surface area contributed by atoms with Crippen molar-refractivity contribution in [3.05, 3.63) is 16.7 Å². The quantitative estimate of drug-likeness (QED) is 0.738. The summed E-state index contributed by atoms with van der Waals surface area (Å²) in [5, 5.41) is 11.6. The summed E-state index contributed by atoms with van der Waals surface area (Å²) in [6.45, 7) is 2.98. The molecule has 3 atom stereocenters. The molecule has 1 saturated heterocycles. The smallest absolute Gasteiger partial charge is 0.280 e. The molecule has 2 aromatic heterocycles. The zero-order valence-corrected chi connectivity index (χ0v) is 13.2. The van der Waals surface area contributed by atoms with Crippen molar-refractivity contribution in [2.45, 2.75) is 38.8 Å². The molecule has 0 bridgehead atoms. The average molecular weight is 339 g/mol. The summed E-state index contributed by atoms with van der Waals surface area (Å²) < 4.78 is 20.6. The maximum absolute atomic E-state index is 13.8. The Morgan fingerprint density at radius 2 is 2.38 bits per heavy atom. The summed E-state index contributed by atoms with van der Waals surface area (Å²) in [6.07, 6.45) is -1.63. The van der Waals surface area contributed by atoms with Crippen LogP contribution in [0.25, 0.3) is 11.2 Å². The fraction of sp³-hybridized carbons (Fsp3) is 0.571. The lowest BCUT2D eigenvalue weighted by molar-refractivity contribution is -0.118. The van der Waals surface area contributed by atoms with Gasteiger partial charge in [0.25, 0.3) is 5.56 Å². The number of aliphatic hydroxyl groups excluding tert-OH is 1. The minimum absolute atomic E-state index is 0.0125. The largest absolute Gasteiger partial charge is 0.394 e. The second-order valence-corrected chi connectivity index (χ2v) is 5.95. The van der Waals surface area contributed by atoms with Crippen LogP contribution in [0.15, 0.2) is 11.1 Å². The van der Waals surface area contributed by atoms with Crippen LogP contribution in [0, 0.1) is 5.92 Å². The summed E-state index contributed by atoms with van der Waals surface area (Å²) in [4.78, 5) is 34.5. The highest BCUT2D eigenvalue weighted by atomic mass is 19.1. The Balaban J connectivity index is 1.97. The van der Waals surface area contributed by atoms with E-state index in [1.54, 1.807) is 13.8 Å². The number of ether oxygens (including phenoxy) is 1. The molecule has 9 nitrogen and oxygen atoms in total. The van der Waals surface area contributed by atoms with Crippen molar-refractivity contribution in [3.8, 4) is 0 Å². The maximum Gasteiger partial charge on any atom is 0.280 e. The molecule has 1 amide bonds. The normalized spacial score (nSPS) is 24.0. The van der Waals surface area contributed by atoms with E-state index in [1.807, 2.05) is 0 Å². The summed E-state index contributed by atoms with van der Waals surface area (Å²) >= 11 is 0. The van der Waals surface area contributed by atoms with Crippen LogP contribution in [0.1, 0.15) is 26.5 Å². The van der Waals surface area contributed by atoms with Gasteiger partial charge in [0.2, 0.25) is 11.9 Å². The number of aliphatic hydroxyl groups is 1. The summed E-state index contributed by atoms with van der Waals surface area (Å²) in [6, 6.07) is 0. The fourth-order valence-electron chi connectivity index (χ4n) is 2.48. The van der Waals surface area contributed by atoms with Gasteiger partial charge in [0, 0.05) is 12.3 Å². The molecule has 3 heterocycles. The first kappa shape index (κ1) is 16.5. The van der Waals surface area contributed by atoms with Gasteiger partial charge in [-0.25, -0.2) is 9.37 Å². The molecule has 0 unspecified atom stereocenters. The fourth-order valence-corrected chi connectivity index (χ4v) is 2.48. The molecule has 3 N–H and O–H groups in total. The van der Waals surface area contributed by atoms with Gasteiger partial charge in [0.1, 0.15) is 18.5 Å². The summed E-state index contributed by atoms with van der Waals surface area (Å²) in [5.41, 5.74) is -0.288. The molecule has 1 fully saturated rings. The minimum Gasteiger partial charge on any atom is -0.394 e. The number of anilines is 1. The minimum atomic E-state index is -1.32. The average Bonchev–Trinajstić information content (AvgIpc) is 3.10. The number of carbonyl (C=O) groups excluding carboxylic acids is 1. The molecular formula is C14H18FN5O4. The number of rotatable bonds is 4. The molecule has 130 valence electrons. The van der Waals surface area contributed by atoms with Crippen molar-refractivity contribution in [2.75, 3.05) is 11.9 Å². The molecule has 1 aliphatic rings.